The first-order valence-corrected chi connectivity index (χ1v) is 6.80. The third kappa shape index (κ3) is 4.93. The number of anilines is 1. The van der Waals surface area contributed by atoms with Crippen molar-refractivity contribution < 1.29 is 4.79 Å². The number of amides is 1. The molecular weight excluding hydrogens is 250 g/mol. The van der Waals surface area contributed by atoms with Gasteiger partial charge in [0.15, 0.2) is 0 Å². The Bertz CT molecular complexity index is 480. The van der Waals surface area contributed by atoms with Crippen LogP contribution in [0.2, 0.25) is 0 Å². The van der Waals surface area contributed by atoms with Gasteiger partial charge in [-0.1, -0.05) is 32.9 Å². The molecule has 1 rings (SSSR count). The number of nitriles is 1. The van der Waals surface area contributed by atoms with Crippen molar-refractivity contribution in [3.8, 4) is 6.07 Å². The molecule has 0 heterocycles. The lowest BCUT2D eigenvalue weighted by Gasteiger charge is -2.22. The van der Waals surface area contributed by atoms with Crippen molar-refractivity contribution >= 4 is 11.6 Å². The molecule has 0 atom stereocenters. The van der Waals surface area contributed by atoms with Gasteiger partial charge in [0.2, 0.25) is 5.91 Å². The molecule has 0 radical (unpaired) electrons. The fourth-order valence-electron chi connectivity index (χ4n) is 1.84. The maximum Gasteiger partial charge on any atom is 0.239 e. The molecule has 0 bridgehead atoms. The Hall–Kier alpha value is -2.02. The molecule has 108 valence electrons. The van der Waals surface area contributed by atoms with Crippen LogP contribution in [-0.2, 0) is 10.2 Å². The Kier molecular flexibility index (Phi) is 5.57. The van der Waals surface area contributed by atoms with Crippen molar-refractivity contribution in [2.45, 2.75) is 32.6 Å². The summed E-state index contributed by atoms with van der Waals surface area (Å²) in [6.07, 6.45) is 0.343. The zero-order valence-corrected chi connectivity index (χ0v) is 12.7. The number of benzene rings is 1. The van der Waals surface area contributed by atoms with Crippen molar-refractivity contribution in [3.05, 3.63) is 29.8 Å². The van der Waals surface area contributed by atoms with Gasteiger partial charge in [-0.15, -0.1) is 0 Å². The molecule has 0 saturated heterocycles. The second kappa shape index (κ2) is 6.95. The van der Waals surface area contributed by atoms with Gasteiger partial charge in [-0.2, -0.15) is 5.26 Å². The van der Waals surface area contributed by atoms with Gasteiger partial charge in [0.1, 0.15) is 0 Å². The van der Waals surface area contributed by atoms with E-state index in [1.54, 1.807) is 0 Å². The highest BCUT2D eigenvalue weighted by Gasteiger charge is 2.14. The second-order valence-corrected chi connectivity index (χ2v) is 5.91. The van der Waals surface area contributed by atoms with Gasteiger partial charge in [0.05, 0.1) is 19.0 Å². The molecule has 20 heavy (non-hydrogen) atoms. The molecule has 0 aliphatic carbocycles. The van der Waals surface area contributed by atoms with E-state index in [0.717, 1.165) is 5.69 Å². The number of rotatable bonds is 5. The monoisotopic (exact) mass is 273 g/mol. The highest BCUT2D eigenvalue weighted by atomic mass is 16.2. The molecule has 1 N–H and O–H groups in total. The van der Waals surface area contributed by atoms with Gasteiger partial charge in [0, 0.05) is 19.3 Å². The Morgan fingerprint density at radius 1 is 1.30 bits per heavy atom. The van der Waals surface area contributed by atoms with Crippen molar-refractivity contribution in [1.82, 2.24) is 5.32 Å². The van der Waals surface area contributed by atoms with Crippen molar-refractivity contribution in [1.29, 1.82) is 5.26 Å². The molecule has 0 fully saturated rings. The second-order valence-electron chi connectivity index (χ2n) is 5.91. The van der Waals surface area contributed by atoms with Crippen LogP contribution in [0, 0.1) is 11.3 Å². The summed E-state index contributed by atoms with van der Waals surface area (Å²) in [7, 11) is 1.88. The Labute approximate surface area is 121 Å². The van der Waals surface area contributed by atoms with E-state index in [9.17, 15) is 4.79 Å². The van der Waals surface area contributed by atoms with E-state index in [1.165, 1.54) is 5.56 Å². The maximum atomic E-state index is 11.7. The summed E-state index contributed by atoms with van der Waals surface area (Å²) in [5.74, 6) is -0.0670. The van der Waals surface area contributed by atoms with Gasteiger partial charge < -0.3 is 10.2 Å². The Morgan fingerprint density at radius 3 is 2.40 bits per heavy atom. The molecule has 4 heteroatoms. The van der Waals surface area contributed by atoms with Crippen LogP contribution in [0.5, 0.6) is 0 Å². The van der Waals surface area contributed by atoms with Gasteiger partial charge in [-0.3, -0.25) is 4.79 Å². The summed E-state index contributed by atoms with van der Waals surface area (Å²) in [4.78, 5) is 13.6. The van der Waals surface area contributed by atoms with Crippen molar-refractivity contribution in [2.24, 2.45) is 0 Å². The number of nitrogens with zero attached hydrogens (tertiary/aromatic N) is 2. The van der Waals surface area contributed by atoms with Crippen LogP contribution < -0.4 is 10.2 Å². The van der Waals surface area contributed by atoms with Crippen molar-refractivity contribution in [2.75, 3.05) is 25.0 Å². The third-order valence-corrected chi connectivity index (χ3v) is 3.11. The van der Waals surface area contributed by atoms with Gasteiger partial charge in [-0.05, 0) is 23.1 Å². The smallest absolute Gasteiger partial charge is 0.239 e. The summed E-state index contributed by atoms with van der Waals surface area (Å²) in [6, 6.07) is 10.3. The standard InChI is InChI=1S/C16H23N3O/c1-16(2,3)13-6-8-14(9-7-13)19(4)12-15(20)18-11-5-10-17/h6-9H,5,11-12H2,1-4H3,(H,18,20). The average Bonchev–Trinajstić information content (AvgIpc) is 2.38. The van der Waals surface area contributed by atoms with E-state index in [4.69, 9.17) is 5.26 Å². The number of likely N-dealkylation sites (N-methyl/N-ethyl adjacent to an activating group) is 1. The number of carbonyl (C=O) groups is 1. The molecule has 0 aliphatic rings. The Balaban J connectivity index is 2.58. The minimum Gasteiger partial charge on any atom is -0.365 e. The minimum atomic E-state index is -0.0670. The molecule has 1 aromatic carbocycles. The molecule has 0 spiro atoms. The van der Waals surface area contributed by atoms with Gasteiger partial charge >= 0.3 is 0 Å². The van der Waals surface area contributed by atoms with E-state index in [-0.39, 0.29) is 11.3 Å². The SMILES string of the molecule is CN(CC(=O)NCCC#N)c1ccc(C(C)(C)C)cc1. The molecule has 1 amide bonds. The lowest BCUT2D eigenvalue weighted by atomic mass is 9.87. The summed E-state index contributed by atoms with van der Waals surface area (Å²) in [5.41, 5.74) is 2.41. The van der Waals surface area contributed by atoms with Crippen LogP contribution in [0.3, 0.4) is 0 Å². The molecule has 4 nitrogen and oxygen atoms in total. The molecule has 0 unspecified atom stereocenters. The van der Waals surface area contributed by atoms with Gasteiger partial charge in [0.25, 0.3) is 0 Å². The zero-order valence-electron chi connectivity index (χ0n) is 12.7. The van der Waals surface area contributed by atoms with Crippen LogP contribution >= 0.6 is 0 Å². The predicted molar refractivity (Wildman–Crippen MR) is 81.7 cm³/mol. The van der Waals surface area contributed by atoms with E-state index >= 15 is 0 Å². The molecule has 1 aromatic rings. The first-order valence-electron chi connectivity index (χ1n) is 6.80. The minimum absolute atomic E-state index is 0.0670. The number of hydrogen-bond acceptors (Lipinski definition) is 3. The van der Waals surface area contributed by atoms with Crippen LogP contribution in [0.25, 0.3) is 0 Å². The Morgan fingerprint density at radius 2 is 1.90 bits per heavy atom. The largest absolute Gasteiger partial charge is 0.365 e. The van der Waals surface area contributed by atoms with Gasteiger partial charge in [-0.25, -0.2) is 0 Å². The van der Waals surface area contributed by atoms with E-state index in [2.05, 4.69) is 38.2 Å². The first kappa shape index (κ1) is 16.0. The topological polar surface area (TPSA) is 56.1 Å². The van der Waals surface area contributed by atoms with E-state index < -0.39 is 0 Å². The van der Waals surface area contributed by atoms with E-state index in [0.29, 0.717) is 19.5 Å². The van der Waals surface area contributed by atoms with Crippen molar-refractivity contribution in [3.63, 3.8) is 0 Å². The molecule has 0 aromatic heterocycles. The maximum absolute atomic E-state index is 11.7. The normalized spacial score (nSPS) is 10.8. The quantitative estimate of drug-likeness (QED) is 0.838. The molecule has 0 saturated carbocycles. The summed E-state index contributed by atoms with van der Waals surface area (Å²) in [5, 5.41) is 11.1. The third-order valence-electron chi connectivity index (χ3n) is 3.11. The van der Waals surface area contributed by atoms with Crippen LogP contribution in [-0.4, -0.2) is 26.0 Å². The highest BCUT2D eigenvalue weighted by molar-refractivity contribution is 5.81. The lowest BCUT2D eigenvalue weighted by molar-refractivity contribution is -0.119. The zero-order chi connectivity index (χ0) is 15.2. The summed E-state index contributed by atoms with van der Waals surface area (Å²) in [6.45, 7) is 7.23. The number of carbonyl (C=O) groups excluding carboxylic acids is 1. The average molecular weight is 273 g/mol. The lowest BCUT2D eigenvalue weighted by Crippen LogP contribution is -2.35. The fraction of sp³-hybridized carbons (Fsp3) is 0.500. The number of nitrogens with one attached hydrogen (secondary N) is 1. The summed E-state index contributed by atoms with van der Waals surface area (Å²) < 4.78 is 0. The number of hydrogen-bond donors (Lipinski definition) is 1. The first-order chi connectivity index (χ1) is 9.34. The fourth-order valence-corrected chi connectivity index (χ4v) is 1.84. The van der Waals surface area contributed by atoms with Crippen LogP contribution in [0.4, 0.5) is 5.69 Å². The van der Waals surface area contributed by atoms with Crippen LogP contribution in [0.1, 0.15) is 32.8 Å². The summed E-state index contributed by atoms with van der Waals surface area (Å²) >= 11 is 0. The van der Waals surface area contributed by atoms with E-state index in [1.807, 2.05) is 30.1 Å². The molecule has 0 aliphatic heterocycles. The molecular formula is C16H23N3O. The highest BCUT2D eigenvalue weighted by Crippen LogP contribution is 2.24. The predicted octanol–water partition coefficient (Wildman–Crippen LogP) is 2.45. The van der Waals surface area contributed by atoms with Crippen LogP contribution in [0.15, 0.2) is 24.3 Å².